The van der Waals surface area contributed by atoms with E-state index < -0.39 is 32.6 Å². The summed E-state index contributed by atoms with van der Waals surface area (Å²) in [6.07, 6.45) is 1.19. The minimum Gasteiger partial charge on any atom is -0.444 e. The van der Waals surface area contributed by atoms with Crippen molar-refractivity contribution in [2.75, 3.05) is 7.05 Å². The summed E-state index contributed by atoms with van der Waals surface area (Å²) in [5, 5.41) is 1.10. The van der Waals surface area contributed by atoms with Gasteiger partial charge in [-0.1, -0.05) is 6.07 Å². The molecule has 0 spiro atoms. The van der Waals surface area contributed by atoms with Crippen molar-refractivity contribution in [2.24, 2.45) is 0 Å². The molecule has 0 saturated carbocycles. The van der Waals surface area contributed by atoms with Crippen molar-refractivity contribution in [1.29, 1.82) is 0 Å². The standard InChI is InChI=1S/C14H15FN2O4S/c1-9(13(18)16-2)22(19,20)8-12-7-21-14(17-12)10-4-3-5-11(15)6-10/h3-7,9H,8H2,1-2H3,(H,16,18)/t9-/m1/s1. The molecule has 8 heteroatoms. The third-order valence-corrected chi connectivity index (χ3v) is 5.12. The molecule has 1 amide bonds. The zero-order valence-corrected chi connectivity index (χ0v) is 12.9. The Morgan fingerprint density at radius 2 is 2.18 bits per heavy atom. The van der Waals surface area contributed by atoms with Gasteiger partial charge in [0, 0.05) is 12.6 Å². The average molecular weight is 326 g/mol. The Morgan fingerprint density at radius 1 is 1.45 bits per heavy atom. The maximum atomic E-state index is 13.2. The van der Waals surface area contributed by atoms with Crippen LogP contribution in [-0.4, -0.2) is 31.6 Å². The molecule has 118 valence electrons. The van der Waals surface area contributed by atoms with Crippen LogP contribution in [0.25, 0.3) is 11.5 Å². The molecule has 2 rings (SSSR count). The van der Waals surface area contributed by atoms with Gasteiger partial charge in [-0.15, -0.1) is 0 Å². The molecule has 2 aromatic rings. The smallest absolute Gasteiger partial charge is 0.237 e. The van der Waals surface area contributed by atoms with Gasteiger partial charge in [0.2, 0.25) is 11.8 Å². The largest absolute Gasteiger partial charge is 0.444 e. The van der Waals surface area contributed by atoms with Gasteiger partial charge in [0.25, 0.3) is 0 Å². The number of hydrogen-bond acceptors (Lipinski definition) is 5. The van der Waals surface area contributed by atoms with Crippen LogP contribution in [0, 0.1) is 5.82 Å². The summed E-state index contributed by atoms with van der Waals surface area (Å²) in [5.41, 5.74) is 0.568. The van der Waals surface area contributed by atoms with E-state index >= 15 is 0 Å². The summed E-state index contributed by atoms with van der Waals surface area (Å²) in [6, 6.07) is 5.61. The zero-order chi connectivity index (χ0) is 16.3. The van der Waals surface area contributed by atoms with E-state index in [-0.39, 0.29) is 11.6 Å². The number of hydrogen-bond donors (Lipinski definition) is 1. The summed E-state index contributed by atoms with van der Waals surface area (Å²) in [7, 11) is -2.34. The topological polar surface area (TPSA) is 89.3 Å². The first-order valence-electron chi connectivity index (χ1n) is 6.47. The number of halogens is 1. The molecule has 0 radical (unpaired) electrons. The number of carbonyl (C=O) groups excluding carboxylic acids is 1. The van der Waals surface area contributed by atoms with Crippen molar-refractivity contribution in [3.63, 3.8) is 0 Å². The van der Waals surface area contributed by atoms with E-state index in [2.05, 4.69) is 10.3 Å². The van der Waals surface area contributed by atoms with E-state index in [1.54, 1.807) is 6.07 Å². The molecule has 0 unspecified atom stereocenters. The third kappa shape index (κ3) is 3.51. The Balaban J connectivity index is 2.21. The first-order chi connectivity index (χ1) is 10.3. The number of sulfone groups is 1. The third-order valence-electron chi connectivity index (χ3n) is 3.13. The van der Waals surface area contributed by atoms with Gasteiger partial charge in [-0.05, 0) is 25.1 Å². The number of aromatic nitrogens is 1. The van der Waals surface area contributed by atoms with Gasteiger partial charge in [0.1, 0.15) is 17.3 Å². The summed E-state index contributed by atoms with van der Waals surface area (Å²) in [4.78, 5) is 15.5. The molecule has 0 aliphatic heterocycles. The van der Waals surface area contributed by atoms with Crippen molar-refractivity contribution in [3.05, 3.63) is 42.0 Å². The van der Waals surface area contributed by atoms with Crippen molar-refractivity contribution in [3.8, 4) is 11.5 Å². The Morgan fingerprint density at radius 3 is 2.82 bits per heavy atom. The maximum absolute atomic E-state index is 13.2. The molecule has 22 heavy (non-hydrogen) atoms. The van der Waals surface area contributed by atoms with Crippen molar-refractivity contribution < 1.29 is 22.0 Å². The SMILES string of the molecule is CNC(=O)[C@@H](C)S(=O)(=O)Cc1coc(-c2cccc(F)c2)n1. The van der Waals surface area contributed by atoms with E-state index in [9.17, 15) is 17.6 Å². The summed E-state index contributed by atoms with van der Waals surface area (Å²) < 4.78 is 42.5. The lowest BCUT2D eigenvalue weighted by Crippen LogP contribution is -2.36. The molecule has 0 aliphatic rings. The average Bonchev–Trinajstić information content (AvgIpc) is 2.93. The van der Waals surface area contributed by atoms with Gasteiger partial charge in [-0.25, -0.2) is 17.8 Å². The van der Waals surface area contributed by atoms with E-state index in [0.29, 0.717) is 5.56 Å². The number of nitrogens with one attached hydrogen (secondary N) is 1. The zero-order valence-electron chi connectivity index (χ0n) is 12.0. The fourth-order valence-corrected chi connectivity index (χ4v) is 3.06. The van der Waals surface area contributed by atoms with Crippen molar-refractivity contribution in [1.82, 2.24) is 10.3 Å². The van der Waals surface area contributed by atoms with Crippen LogP contribution in [0.3, 0.4) is 0 Å². The number of nitrogens with zero attached hydrogens (tertiary/aromatic N) is 1. The van der Waals surface area contributed by atoms with Crippen LogP contribution in [0.1, 0.15) is 12.6 Å². The van der Waals surface area contributed by atoms with Crippen LogP contribution in [-0.2, 0) is 20.4 Å². The van der Waals surface area contributed by atoms with Gasteiger partial charge in [-0.3, -0.25) is 4.79 Å². The number of oxazole rings is 1. The van der Waals surface area contributed by atoms with Crippen LogP contribution < -0.4 is 5.32 Å². The van der Waals surface area contributed by atoms with E-state index in [4.69, 9.17) is 4.42 Å². The Kier molecular flexibility index (Phi) is 4.60. The normalized spacial score (nSPS) is 12.9. The maximum Gasteiger partial charge on any atom is 0.237 e. The highest BCUT2D eigenvalue weighted by molar-refractivity contribution is 7.92. The minimum atomic E-state index is -3.71. The van der Waals surface area contributed by atoms with Gasteiger partial charge < -0.3 is 9.73 Å². The molecular formula is C14H15FN2O4S. The van der Waals surface area contributed by atoms with Crippen molar-refractivity contribution in [2.45, 2.75) is 17.9 Å². The second-order valence-electron chi connectivity index (χ2n) is 4.72. The van der Waals surface area contributed by atoms with Gasteiger partial charge in [0.15, 0.2) is 9.84 Å². The first-order valence-corrected chi connectivity index (χ1v) is 8.18. The molecule has 0 aliphatic carbocycles. The minimum absolute atomic E-state index is 0.122. The Labute approximate surface area is 127 Å². The first kappa shape index (κ1) is 16.2. The number of rotatable bonds is 5. The molecule has 0 bridgehead atoms. The fraction of sp³-hybridized carbons (Fsp3) is 0.286. The van der Waals surface area contributed by atoms with Crippen LogP contribution in [0.2, 0.25) is 0 Å². The molecule has 1 heterocycles. The molecule has 6 nitrogen and oxygen atoms in total. The van der Waals surface area contributed by atoms with Crippen molar-refractivity contribution >= 4 is 15.7 Å². The summed E-state index contributed by atoms with van der Waals surface area (Å²) >= 11 is 0. The van der Waals surface area contributed by atoms with E-state index in [1.165, 1.54) is 38.4 Å². The van der Waals surface area contributed by atoms with Crippen LogP contribution in [0.4, 0.5) is 4.39 Å². The Hall–Kier alpha value is -2.22. The monoisotopic (exact) mass is 326 g/mol. The second-order valence-corrected chi connectivity index (χ2v) is 7.04. The molecule has 0 fully saturated rings. The van der Waals surface area contributed by atoms with E-state index in [0.717, 1.165) is 0 Å². The summed E-state index contributed by atoms with van der Waals surface area (Å²) in [5.74, 6) is -1.34. The molecule has 1 N–H and O–H groups in total. The molecule has 1 aromatic carbocycles. The Bertz CT molecular complexity index is 786. The van der Waals surface area contributed by atoms with Gasteiger partial charge in [0.05, 0.1) is 11.4 Å². The predicted molar refractivity (Wildman–Crippen MR) is 78.0 cm³/mol. The van der Waals surface area contributed by atoms with E-state index in [1.807, 2.05) is 0 Å². The highest BCUT2D eigenvalue weighted by Crippen LogP contribution is 2.21. The highest BCUT2D eigenvalue weighted by atomic mass is 32.2. The second kappa shape index (κ2) is 6.27. The quantitative estimate of drug-likeness (QED) is 0.900. The van der Waals surface area contributed by atoms with Crippen LogP contribution in [0.5, 0.6) is 0 Å². The number of amides is 1. The number of benzene rings is 1. The molecular weight excluding hydrogens is 311 g/mol. The highest BCUT2D eigenvalue weighted by Gasteiger charge is 2.28. The predicted octanol–water partition coefficient (Wildman–Crippen LogP) is 1.53. The van der Waals surface area contributed by atoms with Crippen LogP contribution >= 0.6 is 0 Å². The molecule has 1 atom stereocenters. The molecule has 1 aromatic heterocycles. The lowest BCUT2D eigenvalue weighted by atomic mass is 10.2. The lowest BCUT2D eigenvalue weighted by molar-refractivity contribution is -0.119. The number of carbonyl (C=O) groups is 1. The van der Waals surface area contributed by atoms with Crippen LogP contribution in [0.15, 0.2) is 34.9 Å². The fourth-order valence-electron chi connectivity index (χ4n) is 1.82. The molecule has 0 saturated heterocycles. The lowest BCUT2D eigenvalue weighted by Gasteiger charge is -2.09. The van der Waals surface area contributed by atoms with Gasteiger partial charge in [-0.2, -0.15) is 0 Å². The van der Waals surface area contributed by atoms with Gasteiger partial charge >= 0.3 is 0 Å². The summed E-state index contributed by atoms with van der Waals surface area (Å²) in [6.45, 7) is 1.31.